The van der Waals surface area contributed by atoms with Crippen LogP contribution in [0.3, 0.4) is 0 Å². The van der Waals surface area contributed by atoms with E-state index in [9.17, 15) is 0 Å². The SMILES string of the molecule is c1ccc(-c2cccc(-c3cccc4oc5cccc(Nc6ccc(-c7ccc8sc9ccccc9c8c7)cc6)c5c34)c2)cc1. The largest absolute Gasteiger partial charge is 0.456 e. The molecule has 0 atom stereocenters. The molecule has 2 aromatic heterocycles. The number of hydrogen-bond acceptors (Lipinski definition) is 3. The maximum atomic E-state index is 6.40. The van der Waals surface area contributed by atoms with Crippen molar-refractivity contribution in [3.63, 3.8) is 0 Å². The Balaban J connectivity index is 1.09. The van der Waals surface area contributed by atoms with Gasteiger partial charge in [-0.05, 0) is 88.0 Å². The summed E-state index contributed by atoms with van der Waals surface area (Å²) < 4.78 is 9.06. The van der Waals surface area contributed by atoms with E-state index in [-0.39, 0.29) is 0 Å². The highest BCUT2D eigenvalue weighted by atomic mass is 32.1. The summed E-state index contributed by atoms with van der Waals surface area (Å²) in [7, 11) is 0. The van der Waals surface area contributed by atoms with Crippen LogP contribution in [0.4, 0.5) is 11.4 Å². The molecule has 0 aliphatic carbocycles. The summed E-state index contributed by atoms with van der Waals surface area (Å²) in [6, 6.07) is 56.1. The standard InChI is InChI=1S/C42H27NOS/c1-2-9-27(10-3-1)29-11-6-12-31(25-29)33-14-7-16-37-41(33)42-36(15-8-17-38(42)44-37)43-32-22-19-28(20-23-32)30-21-24-40-35(26-30)34-13-4-5-18-39(34)45-40/h1-26,43H. The number of nitrogens with one attached hydrogen (secondary N) is 1. The van der Waals surface area contributed by atoms with Gasteiger partial charge >= 0.3 is 0 Å². The third kappa shape index (κ3) is 4.48. The van der Waals surface area contributed by atoms with Crippen LogP contribution in [0, 0.1) is 0 Å². The molecule has 0 unspecified atom stereocenters. The first-order valence-corrected chi connectivity index (χ1v) is 16.0. The normalized spacial score (nSPS) is 11.6. The minimum atomic E-state index is 0.870. The number of benzene rings is 7. The first-order valence-electron chi connectivity index (χ1n) is 15.2. The molecule has 9 aromatic rings. The van der Waals surface area contributed by atoms with E-state index in [0.717, 1.165) is 38.9 Å². The zero-order chi connectivity index (χ0) is 29.7. The Labute approximate surface area is 264 Å². The van der Waals surface area contributed by atoms with E-state index in [1.54, 1.807) is 0 Å². The van der Waals surface area contributed by atoms with Crippen molar-refractivity contribution in [1.82, 2.24) is 0 Å². The van der Waals surface area contributed by atoms with Gasteiger partial charge in [-0.1, -0.05) is 103 Å². The van der Waals surface area contributed by atoms with E-state index in [1.165, 1.54) is 48.0 Å². The molecule has 45 heavy (non-hydrogen) atoms. The molecule has 1 N–H and O–H groups in total. The van der Waals surface area contributed by atoms with Crippen molar-refractivity contribution >= 4 is 64.8 Å². The minimum absolute atomic E-state index is 0.870. The summed E-state index contributed by atoms with van der Waals surface area (Å²) in [4.78, 5) is 0. The summed E-state index contributed by atoms with van der Waals surface area (Å²) in [5.74, 6) is 0. The third-order valence-corrected chi connectivity index (χ3v) is 9.83. The molecule has 212 valence electrons. The van der Waals surface area contributed by atoms with Crippen LogP contribution in [-0.2, 0) is 0 Å². The van der Waals surface area contributed by atoms with Crippen LogP contribution in [0.1, 0.15) is 0 Å². The molecule has 3 heteroatoms. The number of anilines is 2. The minimum Gasteiger partial charge on any atom is -0.456 e. The fourth-order valence-corrected chi connectivity index (χ4v) is 7.60. The summed E-state index contributed by atoms with van der Waals surface area (Å²) in [6.07, 6.45) is 0. The van der Waals surface area contributed by atoms with Crippen LogP contribution in [-0.4, -0.2) is 0 Å². The molecule has 0 amide bonds. The lowest BCUT2D eigenvalue weighted by Gasteiger charge is -2.11. The van der Waals surface area contributed by atoms with Gasteiger partial charge in [0.1, 0.15) is 11.2 Å². The van der Waals surface area contributed by atoms with Crippen LogP contribution >= 0.6 is 11.3 Å². The zero-order valence-electron chi connectivity index (χ0n) is 24.3. The van der Waals surface area contributed by atoms with Crippen LogP contribution < -0.4 is 5.32 Å². The van der Waals surface area contributed by atoms with Gasteiger partial charge in [0, 0.05) is 31.2 Å². The second-order valence-electron chi connectivity index (χ2n) is 11.4. The lowest BCUT2D eigenvalue weighted by atomic mass is 9.95. The number of thiophene rings is 1. The Morgan fingerprint density at radius 3 is 1.96 bits per heavy atom. The van der Waals surface area contributed by atoms with E-state index in [2.05, 4.69) is 163 Å². The molecule has 0 saturated carbocycles. The molecule has 0 fully saturated rings. The Kier molecular flexibility index (Phi) is 6.03. The third-order valence-electron chi connectivity index (χ3n) is 8.68. The predicted molar refractivity (Wildman–Crippen MR) is 193 cm³/mol. The molecule has 2 heterocycles. The van der Waals surface area contributed by atoms with Crippen molar-refractivity contribution in [3.8, 4) is 33.4 Å². The molecule has 9 rings (SSSR count). The molecule has 0 aliphatic rings. The quantitative estimate of drug-likeness (QED) is 0.215. The molecular weight excluding hydrogens is 567 g/mol. The monoisotopic (exact) mass is 593 g/mol. The van der Waals surface area contributed by atoms with E-state index in [1.807, 2.05) is 11.3 Å². The van der Waals surface area contributed by atoms with Crippen molar-refractivity contribution in [1.29, 1.82) is 0 Å². The summed E-state index contributed by atoms with van der Waals surface area (Å²) in [5.41, 5.74) is 11.0. The Morgan fingerprint density at radius 2 is 1.07 bits per heavy atom. The second kappa shape index (κ2) is 10.5. The molecular formula is C42H27NOS. The summed E-state index contributed by atoms with van der Waals surface area (Å²) in [5, 5.41) is 8.56. The van der Waals surface area contributed by atoms with Gasteiger partial charge in [0.2, 0.25) is 0 Å². The molecule has 2 nitrogen and oxygen atoms in total. The fourth-order valence-electron chi connectivity index (χ4n) is 6.52. The number of fused-ring (bicyclic) bond motifs is 6. The van der Waals surface area contributed by atoms with Gasteiger partial charge in [-0.25, -0.2) is 0 Å². The van der Waals surface area contributed by atoms with Gasteiger partial charge < -0.3 is 9.73 Å². The van der Waals surface area contributed by atoms with Crippen LogP contribution in [0.2, 0.25) is 0 Å². The van der Waals surface area contributed by atoms with Gasteiger partial charge in [-0.2, -0.15) is 0 Å². The van der Waals surface area contributed by atoms with E-state index < -0.39 is 0 Å². The molecule has 0 bridgehead atoms. The van der Waals surface area contributed by atoms with E-state index >= 15 is 0 Å². The van der Waals surface area contributed by atoms with Crippen LogP contribution in [0.5, 0.6) is 0 Å². The average molecular weight is 594 g/mol. The van der Waals surface area contributed by atoms with Gasteiger partial charge in [0.15, 0.2) is 0 Å². The van der Waals surface area contributed by atoms with Crippen molar-refractivity contribution < 1.29 is 4.42 Å². The second-order valence-corrected chi connectivity index (χ2v) is 12.5. The van der Waals surface area contributed by atoms with Gasteiger partial charge in [-0.15, -0.1) is 11.3 Å². The molecule has 0 spiro atoms. The van der Waals surface area contributed by atoms with Crippen molar-refractivity contribution in [2.45, 2.75) is 0 Å². The predicted octanol–water partition coefficient (Wildman–Crippen LogP) is 12.7. The van der Waals surface area contributed by atoms with Gasteiger partial charge in [0.25, 0.3) is 0 Å². The topological polar surface area (TPSA) is 25.2 Å². The Hall–Kier alpha value is -5.64. The average Bonchev–Trinajstić information content (AvgIpc) is 3.68. The molecule has 7 aromatic carbocycles. The molecule has 0 saturated heterocycles. The maximum Gasteiger partial charge on any atom is 0.137 e. The van der Waals surface area contributed by atoms with Crippen molar-refractivity contribution in [2.24, 2.45) is 0 Å². The van der Waals surface area contributed by atoms with Crippen LogP contribution in [0.15, 0.2) is 162 Å². The van der Waals surface area contributed by atoms with Crippen LogP contribution in [0.25, 0.3) is 75.5 Å². The molecule has 0 radical (unpaired) electrons. The lowest BCUT2D eigenvalue weighted by Crippen LogP contribution is -1.91. The van der Waals surface area contributed by atoms with Crippen molar-refractivity contribution in [3.05, 3.63) is 158 Å². The Bertz CT molecular complexity index is 2500. The number of hydrogen-bond donors (Lipinski definition) is 1. The fraction of sp³-hybridized carbons (Fsp3) is 0. The maximum absolute atomic E-state index is 6.40. The van der Waals surface area contributed by atoms with E-state index in [0.29, 0.717) is 0 Å². The number of furan rings is 1. The molecule has 0 aliphatic heterocycles. The smallest absolute Gasteiger partial charge is 0.137 e. The summed E-state index contributed by atoms with van der Waals surface area (Å²) in [6.45, 7) is 0. The van der Waals surface area contributed by atoms with Gasteiger partial charge in [-0.3, -0.25) is 0 Å². The highest BCUT2D eigenvalue weighted by molar-refractivity contribution is 7.25. The Morgan fingerprint density at radius 1 is 0.422 bits per heavy atom. The highest BCUT2D eigenvalue weighted by Crippen LogP contribution is 2.42. The zero-order valence-corrected chi connectivity index (χ0v) is 25.1. The first kappa shape index (κ1) is 25.8. The first-order chi connectivity index (χ1) is 22.3. The highest BCUT2D eigenvalue weighted by Gasteiger charge is 2.16. The van der Waals surface area contributed by atoms with Crippen molar-refractivity contribution in [2.75, 3.05) is 5.32 Å². The number of rotatable bonds is 5. The lowest BCUT2D eigenvalue weighted by molar-refractivity contribution is 0.669. The summed E-state index contributed by atoms with van der Waals surface area (Å²) >= 11 is 1.85. The van der Waals surface area contributed by atoms with Gasteiger partial charge in [0.05, 0.1) is 11.1 Å². The van der Waals surface area contributed by atoms with E-state index in [4.69, 9.17) is 4.42 Å².